The van der Waals surface area contributed by atoms with E-state index in [9.17, 15) is 0 Å². The molecular formula is C14H19N3OS. The topological polar surface area (TPSA) is 39.1 Å². The number of aromatic nitrogens is 2. The monoisotopic (exact) mass is 277 g/mol. The molecule has 2 atom stereocenters. The average molecular weight is 277 g/mol. The highest BCUT2D eigenvalue weighted by molar-refractivity contribution is 7.09. The number of rotatable bonds is 5. The molecule has 0 amide bonds. The molecule has 1 fully saturated rings. The Kier molecular flexibility index (Phi) is 3.96. The molecule has 5 heteroatoms. The molecule has 0 aromatic carbocycles. The number of nitrogens with one attached hydrogen (secondary N) is 1. The van der Waals surface area contributed by atoms with Crippen molar-refractivity contribution < 1.29 is 4.74 Å². The summed E-state index contributed by atoms with van der Waals surface area (Å²) in [6.45, 7) is 2.80. The Morgan fingerprint density at radius 1 is 1.58 bits per heavy atom. The van der Waals surface area contributed by atoms with Gasteiger partial charge >= 0.3 is 0 Å². The summed E-state index contributed by atoms with van der Waals surface area (Å²) in [5, 5.41) is 9.89. The highest BCUT2D eigenvalue weighted by Gasteiger charge is 2.30. The van der Waals surface area contributed by atoms with Gasteiger partial charge in [0.25, 0.3) is 0 Å². The summed E-state index contributed by atoms with van der Waals surface area (Å²) < 4.78 is 7.70. The van der Waals surface area contributed by atoms with Crippen LogP contribution >= 0.6 is 11.3 Å². The minimum atomic E-state index is 0.199. The van der Waals surface area contributed by atoms with Crippen molar-refractivity contribution in [2.75, 3.05) is 13.2 Å². The summed E-state index contributed by atoms with van der Waals surface area (Å²) in [5.74, 6) is 0.546. The van der Waals surface area contributed by atoms with Crippen LogP contribution in [0.5, 0.6) is 0 Å². The summed E-state index contributed by atoms with van der Waals surface area (Å²) >= 11 is 1.80. The molecule has 1 saturated heterocycles. The molecule has 0 unspecified atom stereocenters. The second-order valence-corrected chi connectivity index (χ2v) is 6.03. The minimum Gasteiger partial charge on any atom is -0.373 e. The highest BCUT2D eigenvalue weighted by atomic mass is 32.1. The van der Waals surface area contributed by atoms with Crippen molar-refractivity contribution >= 4 is 11.3 Å². The number of thiophene rings is 1. The Hall–Kier alpha value is -1.17. The van der Waals surface area contributed by atoms with Crippen molar-refractivity contribution in [3.05, 3.63) is 40.3 Å². The van der Waals surface area contributed by atoms with E-state index in [-0.39, 0.29) is 6.10 Å². The largest absolute Gasteiger partial charge is 0.373 e. The molecule has 0 bridgehead atoms. The van der Waals surface area contributed by atoms with E-state index < -0.39 is 0 Å². The average Bonchev–Trinajstić information content (AvgIpc) is 3.10. The zero-order valence-corrected chi connectivity index (χ0v) is 11.9. The maximum absolute atomic E-state index is 5.86. The van der Waals surface area contributed by atoms with Crippen molar-refractivity contribution in [1.82, 2.24) is 15.1 Å². The molecule has 2 aromatic heterocycles. The van der Waals surface area contributed by atoms with Gasteiger partial charge < -0.3 is 10.1 Å². The molecular weight excluding hydrogens is 258 g/mol. The van der Waals surface area contributed by atoms with Crippen LogP contribution in [0.25, 0.3) is 0 Å². The van der Waals surface area contributed by atoms with E-state index in [0.29, 0.717) is 5.92 Å². The number of ether oxygens (including phenoxy) is 1. The lowest BCUT2D eigenvalue weighted by Gasteiger charge is -2.17. The lowest BCUT2D eigenvalue weighted by Crippen LogP contribution is -2.24. The molecule has 3 rings (SSSR count). The smallest absolute Gasteiger partial charge is 0.0896 e. The SMILES string of the molecule is Cn1cc([C@H]2OCC[C@@H]2CNCc2cccs2)cn1. The van der Waals surface area contributed by atoms with Crippen molar-refractivity contribution in [2.24, 2.45) is 13.0 Å². The Morgan fingerprint density at radius 3 is 3.26 bits per heavy atom. The van der Waals surface area contributed by atoms with Crippen LogP contribution < -0.4 is 5.32 Å². The third-order valence-electron chi connectivity index (χ3n) is 3.55. The van der Waals surface area contributed by atoms with Gasteiger partial charge in [0.1, 0.15) is 0 Å². The van der Waals surface area contributed by atoms with Crippen molar-refractivity contribution in [3.8, 4) is 0 Å². The van der Waals surface area contributed by atoms with Crippen LogP contribution in [-0.2, 0) is 18.3 Å². The minimum absolute atomic E-state index is 0.199. The van der Waals surface area contributed by atoms with E-state index in [2.05, 4.69) is 34.1 Å². The lowest BCUT2D eigenvalue weighted by molar-refractivity contribution is 0.0904. The fourth-order valence-electron chi connectivity index (χ4n) is 2.59. The van der Waals surface area contributed by atoms with Crippen molar-refractivity contribution in [1.29, 1.82) is 0 Å². The first-order valence-electron chi connectivity index (χ1n) is 6.66. The Morgan fingerprint density at radius 2 is 2.53 bits per heavy atom. The maximum Gasteiger partial charge on any atom is 0.0896 e. The summed E-state index contributed by atoms with van der Waals surface area (Å²) in [6, 6.07) is 4.26. The Bertz CT molecular complexity index is 509. The van der Waals surface area contributed by atoms with Crippen LogP contribution in [0.1, 0.15) is 23.0 Å². The van der Waals surface area contributed by atoms with E-state index in [0.717, 1.165) is 26.1 Å². The second-order valence-electron chi connectivity index (χ2n) is 5.00. The lowest BCUT2D eigenvalue weighted by atomic mass is 9.97. The third-order valence-corrected chi connectivity index (χ3v) is 4.43. The van der Waals surface area contributed by atoms with Crippen LogP contribution in [0, 0.1) is 5.92 Å². The first-order chi connectivity index (χ1) is 9.33. The molecule has 4 nitrogen and oxygen atoms in total. The number of hydrogen-bond acceptors (Lipinski definition) is 4. The van der Waals surface area contributed by atoms with Crippen molar-refractivity contribution in [2.45, 2.75) is 19.1 Å². The van der Waals surface area contributed by atoms with Gasteiger partial charge in [0, 0.05) is 49.3 Å². The maximum atomic E-state index is 5.86. The number of aryl methyl sites for hydroxylation is 1. The van der Waals surface area contributed by atoms with Gasteiger partial charge in [-0.15, -0.1) is 11.3 Å². The first-order valence-corrected chi connectivity index (χ1v) is 7.54. The quantitative estimate of drug-likeness (QED) is 0.912. The van der Waals surface area contributed by atoms with Crippen LogP contribution in [-0.4, -0.2) is 22.9 Å². The van der Waals surface area contributed by atoms with Crippen LogP contribution in [0.15, 0.2) is 29.9 Å². The number of nitrogens with zero attached hydrogens (tertiary/aromatic N) is 2. The Balaban J connectivity index is 1.55. The van der Waals surface area contributed by atoms with Crippen LogP contribution in [0.4, 0.5) is 0 Å². The molecule has 102 valence electrons. The molecule has 19 heavy (non-hydrogen) atoms. The van der Waals surface area contributed by atoms with E-state index in [1.165, 1.54) is 10.4 Å². The summed E-state index contributed by atoms with van der Waals surface area (Å²) in [5.41, 5.74) is 1.20. The predicted molar refractivity (Wildman–Crippen MR) is 76.0 cm³/mol. The molecule has 1 aliphatic rings. The van der Waals surface area contributed by atoms with Gasteiger partial charge in [-0.05, 0) is 17.9 Å². The molecule has 1 N–H and O–H groups in total. The molecule has 0 spiro atoms. The third kappa shape index (κ3) is 3.05. The van der Waals surface area contributed by atoms with E-state index in [4.69, 9.17) is 4.74 Å². The predicted octanol–water partition coefficient (Wildman–Crippen LogP) is 2.35. The molecule has 0 radical (unpaired) electrons. The summed E-state index contributed by atoms with van der Waals surface area (Å²) in [7, 11) is 1.95. The summed E-state index contributed by atoms with van der Waals surface area (Å²) in [6.07, 6.45) is 5.30. The highest BCUT2D eigenvalue weighted by Crippen LogP contribution is 2.33. The van der Waals surface area contributed by atoms with Gasteiger partial charge in [-0.2, -0.15) is 5.10 Å². The number of hydrogen-bond donors (Lipinski definition) is 1. The van der Waals surface area contributed by atoms with Gasteiger partial charge in [0.05, 0.1) is 12.3 Å². The molecule has 1 aliphatic heterocycles. The standard InChI is InChI=1S/C14H19N3OS/c1-17-10-12(8-16-17)14-11(4-5-18-14)7-15-9-13-3-2-6-19-13/h2-3,6,8,10-11,14-15H,4-5,7,9H2,1H3/t11-,14+/m1/s1. The zero-order chi connectivity index (χ0) is 13.1. The van der Waals surface area contributed by atoms with E-state index in [1.807, 2.05) is 17.9 Å². The molecule has 0 aliphatic carbocycles. The summed E-state index contributed by atoms with van der Waals surface area (Å²) in [4.78, 5) is 1.39. The van der Waals surface area contributed by atoms with E-state index >= 15 is 0 Å². The fourth-order valence-corrected chi connectivity index (χ4v) is 3.27. The van der Waals surface area contributed by atoms with Gasteiger partial charge in [0.15, 0.2) is 0 Å². The normalized spacial score (nSPS) is 23.0. The van der Waals surface area contributed by atoms with Gasteiger partial charge in [-0.3, -0.25) is 4.68 Å². The van der Waals surface area contributed by atoms with Gasteiger partial charge in [-0.1, -0.05) is 6.07 Å². The fraction of sp³-hybridized carbons (Fsp3) is 0.500. The van der Waals surface area contributed by atoms with Gasteiger partial charge in [0.2, 0.25) is 0 Å². The zero-order valence-electron chi connectivity index (χ0n) is 11.1. The van der Waals surface area contributed by atoms with Gasteiger partial charge in [-0.25, -0.2) is 0 Å². The van der Waals surface area contributed by atoms with Crippen molar-refractivity contribution in [3.63, 3.8) is 0 Å². The van der Waals surface area contributed by atoms with Crippen LogP contribution in [0.2, 0.25) is 0 Å². The van der Waals surface area contributed by atoms with Crippen LogP contribution in [0.3, 0.4) is 0 Å². The first kappa shape index (κ1) is 12.8. The second kappa shape index (κ2) is 5.86. The Labute approximate surface area is 117 Å². The van der Waals surface area contributed by atoms with E-state index in [1.54, 1.807) is 11.3 Å². The molecule has 3 heterocycles. The molecule has 0 saturated carbocycles. The molecule has 2 aromatic rings.